The summed E-state index contributed by atoms with van der Waals surface area (Å²) < 4.78 is 25.1. The summed E-state index contributed by atoms with van der Waals surface area (Å²) in [6.07, 6.45) is -2.55. The van der Waals surface area contributed by atoms with Gasteiger partial charge in [-0.1, -0.05) is 11.6 Å². The molecule has 0 unspecified atom stereocenters. The number of nitrogens with zero attached hydrogens (tertiary/aromatic N) is 1. The predicted molar refractivity (Wildman–Crippen MR) is 56.5 cm³/mol. The summed E-state index contributed by atoms with van der Waals surface area (Å²) in [5.74, 6) is 0.0797. The maximum atomic E-state index is 12.4. The number of aromatic nitrogens is 1. The van der Waals surface area contributed by atoms with E-state index >= 15 is 0 Å². The summed E-state index contributed by atoms with van der Waals surface area (Å²) in [6, 6.07) is 1.27. The van der Waals surface area contributed by atoms with Gasteiger partial charge in [-0.25, -0.2) is 13.8 Å². The Hall–Kier alpha value is 0.320. The van der Waals surface area contributed by atoms with E-state index in [0.29, 0.717) is 5.69 Å². The molecule has 0 bridgehead atoms. The van der Waals surface area contributed by atoms with Crippen molar-refractivity contribution in [2.45, 2.75) is 12.3 Å². The number of pyridine rings is 1. The van der Waals surface area contributed by atoms with Crippen molar-refractivity contribution < 1.29 is 8.78 Å². The second-order valence-electron chi connectivity index (χ2n) is 2.24. The van der Waals surface area contributed by atoms with E-state index in [1.54, 1.807) is 22.6 Å². The molecule has 0 atom stereocenters. The van der Waals surface area contributed by atoms with Crippen molar-refractivity contribution in [3.8, 4) is 0 Å². The van der Waals surface area contributed by atoms with Crippen LogP contribution in [0.5, 0.6) is 0 Å². The standard InChI is InChI=1S/C7H4Cl2F2IN/c8-2-3-1-4(7(10)11)5(12)6(9)13-3/h1,7H,2H2. The van der Waals surface area contributed by atoms with E-state index in [1.807, 2.05) is 0 Å². The Morgan fingerprint density at radius 3 is 2.62 bits per heavy atom. The lowest BCUT2D eigenvalue weighted by molar-refractivity contribution is 0.150. The largest absolute Gasteiger partial charge is 0.265 e. The Bertz CT molecular complexity index is 320. The van der Waals surface area contributed by atoms with Gasteiger partial charge >= 0.3 is 0 Å². The van der Waals surface area contributed by atoms with Gasteiger partial charge in [-0.05, 0) is 28.7 Å². The van der Waals surface area contributed by atoms with Gasteiger partial charge in [0.1, 0.15) is 5.15 Å². The number of hydrogen-bond acceptors (Lipinski definition) is 1. The summed E-state index contributed by atoms with van der Waals surface area (Å²) in [7, 11) is 0. The summed E-state index contributed by atoms with van der Waals surface area (Å²) in [5.41, 5.74) is 0.249. The van der Waals surface area contributed by atoms with Gasteiger partial charge in [0.05, 0.1) is 15.1 Å². The fourth-order valence-electron chi connectivity index (χ4n) is 0.797. The molecule has 0 radical (unpaired) electrons. The fourth-order valence-corrected chi connectivity index (χ4v) is 1.66. The maximum Gasteiger partial charge on any atom is 0.265 e. The van der Waals surface area contributed by atoms with Crippen LogP contribution < -0.4 is 0 Å². The first-order valence-electron chi connectivity index (χ1n) is 3.25. The van der Waals surface area contributed by atoms with Gasteiger partial charge in [-0.3, -0.25) is 0 Å². The van der Waals surface area contributed by atoms with E-state index in [1.165, 1.54) is 6.07 Å². The molecule has 72 valence electrons. The third-order valence-electron chi connectivity index (χ3n) is 1.37. The lowest BCUT2D eigenvalue weighted by Crippen LogP contribution is -1.96. The van der Waals surface area contributed by atoms with Crippen molar-refractivity contribution in [3.63, 3.8) is 0 Å². The zero-order chi connectivity index (χ0) is 10.0. The van der Waals surface area contributed by atoms with Crippen molar-refractivity contribution >= 4 is 45.8 Å². The molecule has 0 aliphatic rings. The highest BCUT2D eigenvalue weighted by Gasteiger charge is 2.16. The molecule has 1 heterocycles. The van der Waals surface area contributed by atoms with E-state index in [2.05, 4.69) is 4.98 Å². The van der Waals surface area contributed by atoms with Gasteiger partial charge in [0.2, 0.25) is 0 Å². The van der Waals surface area contributed by atoms with Crippen LogP contribution in [0.4, 0.5) is 8.78 Å². The van der Waals surface area contributed by atoms with Gasteiger partial charge in [-0.15, -0.1) is 11.6 Å². The number of halogens is 5. The van der Waals surface area contributed by atoms with Gasteiger partial charge in [0, 0.05) is 5.56 Å². The van der Waals surface area contributed by atoms with Crippen LogP contribution in [0.25, 0.3) is 0 Å². The van der Waals surface area contributed by atoms with Crippen molar-refractivity contribution in [2.24, 2.45) is 0 Å². The minimum absolute atomic E-state index is 0.0778. The summed E-state index contributed by atoms with van der Waals surface area (Å²) in [5, 5.41) is 0.0778. The van der Waals surface area contributed by atoms with Crippen molar-refractivity contribution in [2.75, 3.05) is 0 Å². The molecule has 0 aromatic carbocycles. The minimum Gasteiger partial charge on any atom is -0.239 e. The first-order chi connectivity index (χ1) is 6.06. The number of hydrogen-bond donors (Lipinski definition) is 0. The second kappa shape index (κ2) is 4.70. The molecule has 0 aliphatic heterocycles. The zero-order valence-electron chi connectivity index (χ0n) is 6.20. The first kappa shape index (κ1) is 11.4. The van der Waals surface area contributed by atoms with E-state index in [-0.39, 0.29) is 20.2 Å². The molecule has 0 N–H and O–H groups in total. The molecule has 13 heavy (non-hydrogen) atoms. The first-order valence-corrected chi connectivity index (χ1v) is 5.24. The molecular weight excluding hydrogens is 334 g/mol. The van der Waals surface area contributed by atoms with Crippen LogP contribution in [0.3, 0.4) is 0 Å². The van der Waals surface area contributed by atoms with Crippen molar-refractivity contribution in [3.05, 3.63) is 26.0 Å². The van der Waals surface area contributed by atoms with Crippen LogP contribution in [0, 0.1) is 3.57 Å². The molecule has 0 aliphatic carbocycles. The Morgan fingerprint density at radius 1 is 1.54 bits per heavy atom. The second-order valence-corrected chi connectivity index (χ2v) is 3.95. The smallest absolute Gasteiger partial charge is 0.239 e. The van der Waals surface area contributed by atoms with Crippen molar-refractivity contribution in [1.29, 1.82) is 0 Å². The van der Waals surface area contributed by atoms with Crippen LogP contribution in [0.2, 0.25) is 5.15 Å². The van der Waals surface area contributed by atoms with E-state index in [9.17, 15) is 8.78 Å². The van der Waals surface area contributed by atoms with Gasteiger partial charge in [-0.2, -0.15) is 0 Å². The maximum absolute atomic E-state index is 12.4. The Kier molecular flexibility index (Phi) is 4.12. The molecule has 1 aromatic heterocycles. The number of alkyl halides is 3. The highest BCUT2D eigenvalue weighted by Crippen LogP contribution is 2.29. The molecule has 0 saturated carbocycles. The van der Waals surface area contributed by atoms with Gasteiger partial charge < -0.3 is 0 Å². The molecule has 1 aromatic rings. The SMILES string of the molecule is FC(F)c1cc(CCl)nc(Cl)c1I. The third kappa shape index (κ3) is 2.63. The normalized spacial score (nSPS) is 10.9. The van der Waals surface area contributed by atoms with Crippen LogP contribution in [-0.4, -0.2) is 4.98 Å². The van der Waals surface area contributed by atoms with Crippen LogP contribution in [-0.2, 0) is 5.88 Å². The lowest BCUT2D eigenvalue weighted by atomic mass is 10.2. The van der Waals surface area contributed by atoms with Crippen molar-refractivity contribution in [1.82, 2.24) is 4.98 Å². The molecule has 1 rings (SSSR count). The molecule has 1 nitrogen and oxygen atoms in total. The number of rotatable bonds is 2. The minimum atomic E-state index is -2.55. The topological polar surface area (TPSA) is 12.9 Å². The van der Waals surface area contributed by atoms with E-state index in [0.717, 1.165) is 0 Å². The van der Waals surface area contributed by atoms with Gasteiger partial charge in [0.15, 0.2) is 0 Å². The summed E-state index contributed by atoms with van der Waals surface area (Å²) >= 11 is 12.8. The van der Waals surface area contributed by atoms with Crippen LogP contribution in [0.1, 0.15) is 17.7 Å². The zero-order valence-corrected chi connectivity index (χ0v) is 9.87. The molecule has 0 spiro atoms. The molecule has 0 amide bonds. The van der Waals surface area contributed by atoms with Gasteiger partial charge in [0.25, 0.3) is 6.43 Å². The lowest BCUT2D eigenvalue weighted by Gasteiger charge is -2.06. The monoisotopic (exact) mass is 337 g/mol. The molecule has 0 fully saturated rings. The Morgan fingerprint density at radius 2 is 2.15 bits per heavy atom. The van der Waals surface area contributed by atoms with Crippen LogP contribution >= 0.6 is 45.8 Å². The molecule has 0 saturated heterocycles. The molecular formula is C7H4Cl2F2IN. The van der Waals surface area contributed by atoms with E-state index in [4.69, 9.17) is 23.2 Å². The predicted octanol–water partition coefficient (Wildman–Crippen LogP) is 4.02. The Balaban J connectivity index is 3.25. The fraction of sp³-hybridized carbons (Fsp3) is 0.286. The summed E-state index contributed by atoms with van der Waals surface area (Å²) in [4.78, 5) is 3.83. The average Bonchev–Trinajstić information content (AvgIpc) is 2.09. The quantitative estimate of drug-likeness (QED) is 0.451. The highest BCUT2D eigenvalue weighted by atomic mass is 127. The summed E-state index contributed by atoms with van der Waals surface area (Å²) in [6.45, 7) is 0. The highest BCUT2D eigenvalue weighted by molar-refractivity contribution is 14.1. The van der Waals surface area contributed by atoms with E-state index < -0.39 is 6.43 Å². The molecule has 6 heteroatoms. The third-order valence-corrected chi connectivity index (χ3v) is 3.37. The Labute approximate surface area is 97.6 Å². The average molecular weight is 338 g/mol. The van der Waals surface area contributed by atoms with Crippen LogP contribution in [0.15, 0.2) is 6.07 Å².